The van der Waals surface area contributed by atoms with E-state index >= 15 is 0 Å². The molecule has 2 N–H and O–H groups in total. The maximum atomic E-state index is 11.7. The first-order valence-electron chi connectivity index (χ1n) is 4.57. The van der Waals surface area contributed by atoms with Crippen molar-refractivity contribution in [3.63, 3.8) is 0 Å². The van der Waals surface area contributed by atoms with Gasteiger partial charge in [0.1, 0.15) is 17.6 Å². The molecular formula is C10H7N3O4. The molecule has 0 saturated heterocycles. The van der Waals surface area contributed by atoms with Gasteiger partial charge in [0.05, 0.1) is 6.20 Å². The average Bonchev–Trinajstić information content (AvgIpc) is 2.82. The van der Waals surface area contributed by atoms with Gasteiger partial charge in [0.15, 0.2) is 0 Å². The number of carboxylic acid groups (broad SMARTS) is 1. The molecule has 0 aromatic carbocycles. The molecule has 86 valence electrons. The number of rotatable bonds is 3. The highest BCUT2D eigenvalue weighted by molar-refractivity contribution is 6.05. The van der Waals surface area contributed by atoms with Gasteiger partial charge in [-0.15, -0.1) is 0 Å². The zero-order valence-electron chi connectivity index (χ0n) is 8.45. The van der Waals surface area contributed by atoms with Gasteiger partial charge in [0.2, 0.25) is 0 Å². The fourth-order valence-electron chi connectivity index (χ4n) is 1.16. The SMILES string of the molecule is O=C(Nc1cnoc1)c1ccnc(C(=O)O)c1. The van der Waals surface area contributed by atoms with Gasteiger partial charge < -0.3 is 14.9 Å². The summed E-state index contributed by atoms with van der Waals surface area (Å²) in [6.45, 7) is 0. The summed E-state index contributed by atoms with van der Waals surface area (Å²) in [5, 5.41) is 14.6. The molecule has 17 heavy (non-hydrogen) atoms. The van der Waals surface area contributed by atoms with Gasteiger partial charge in [-0.1, -0.05) is 5.16 Å². The molecule has 0 bridgehead atoms. The van der Waals surface area contributed by atoms with Crippen LogP contribution in [0.3, 0.4) is 0 Å². The predicted molar refractivity (Wildman–Crippen MR) is 55.7 cm³/mol. The number of hydrogen-bond acceptors (Lipinski definition) is 5. The van der Waals surface area contributed by atoms with Gasteiger partial charge in [-0.05, 0) is 12.1 Å². The number of anilines is 1. The number of nitrogens with one attached hydrogen (secondary N) is 1. The number of pyridine rings is 1. The Balaban J connectivity index is 2.19. The first kappa shape index (κ1) is 10.8. The Hall–Kier alpha value is -2.70. The van der Waals surface area contributed by atoms with Crippen molar-refractivity contribution in [3.05, 3.63) is 42.0 Å². The molecule has 2 heterocycles. The summed E-state index contributed by atoms with van der Waals surface area (Å²) in [6, 6.07) is 2.60. The largest absolute Gasteiger partial charge is 0.477 e. The summed E-state index contributed by atoms with van der Waals surface area (Å²) < 4.78 is 4.54. The van der Waals surface area contributed by atoms with Crippen LogP contribution in [0.5, 0.6) is 0 Å². The lowest BCUT2D eigenvalue weighted by molar-refractivity contribution is 0.0690. The van der Waals surface area contributed by atoms with E-state index in [1.54, 1.807) is 0 Å². The molecule has 0 radical (unpaired) electrons. The summed E-state index contributed by atoms with van der Waals surface area (Å²) >= 11 is 0. The number of carboxylic acids is 1. The van der Waals surface area contributed by atoms with Crippen LogP contribution in [0.15, 0.2) is 35.3 Å². The molecule has 0 spiro atoms. The van der Waals surface area contributed by atoms with Gasteiger partial charge in [-0.25, -0.2) is 9.78 Å². The van der Waals surface area contributed by atoms with E-state index < -0.39 is 11.9 Å². The Morgan fingerprint density at radius 2 is 2.24 bits per heavy atom. The van der Waals surface area contributed by atoms with Crippen LogP contribution in [-0.4, -0.2) is 27.1 Å². The molecule has 0 atom stereocenters. The number of carbonyl (C=O) groups excluding carboxylic acids is 1. The van der Waals surface area contributed by atoms with Crippen LogP contribution in [0.2, 0.25) is 0 Å². The Bertz CT molecular complexity index is 550. The number of aromatic carboxylic acids is 1. The maximum absolute atomic E-state index is 11.7. The van der Waals surface area contributed by atoms with E-state index in [1.165, 1.54) is 30.8 Å². The lowest BCUT2D eigenvalue weighted by Gasteiger charge is -2.02. The zero-order chi connectivity index (χ0) is 12.3. The van der Waals surface area contributed by atoms with Gasteiger partial charge in [-0.2, -0.15) is 0 Å². The molecule has 7 nitrogen and oxygen atoms in total. The Morgan fingerprint density at radius 1 is 1.41 bits per heavy atom. The third-order valence-electron chi connectivity index (χ3n) is 1.93. The summed E-state index contributed by atoms with van der Waals surface area (Å²) in [5.74, 6) is -1.65. The fraction of sp³-hybridized carbons (Fsp3) is 0. The molecule has 2 rings (SSSR count). The van der Waals surface area contributed by atoms with E-state index in [2.05, 4.69) is 20.0 Å². The maximum Gasteiger partial charge on any atom is 0.354 e. The lowest BCUT2D eigenvalue weighted by Crippen LogP contribution is -2.13. The lowest BCUT2D eigenvalue weighted by atomic mass is 10.2. The van der Waals surface area contributed by atoms with Gasteiger partial charge in [0.25, 0.3) is 5.91 Å². The highest BCUT2D eigenvalue weighted by Crippen LogP contribution is 2.08. The molecule has 0 aliphatic heterocycles. The molecule has 0 aliphatic carbocycles. The molecule has 1 amide bonds. The normalized spacial score (nSPS) is 9.88. The van der Waals surface area contributed by atoms with Gasteiger partial charge in [-0.3, -0.25) is 4.79 Å². The van der Waals surface area contributed by atoms with Crippen LogP contribution in [0, 0.1) is 0 Å². The van der Waals surface area contributed by atoms with Crippen molar-refractivity contribution in [1.29, 1.82) is 0 Å². The first-order valence-corrected chi connectivity index (χ1v) is 4.57. The summed E-state index contributed by atoms with van der Waals surface area (Å²) in [4.78, 5) is 26.0. The topological polar surface area (TPSA) is 105 Å². The predicted octanol–water partition coefficient (Wildman–Crippen LogP) is 1.02. The molecule has 0 unspecified atom stereocenters. The van der Waals surface area contributed by atoms with E-state index in [9.17, 15) is 9.59 Å². The Kier molecular flexibility index (Phi) is 2.82. The fourth-order valence-corrected chi connectivity index (χ4v) is 1.16. The minimum absolute atomic E-state index is 0.192. The molecule has 2 aromatic rings. The second kappa shape index (κ2) is 4.44. The Morgan fingerprint density at radius 3 is 2.88 bits per heavy atom. The number of hydrogen-bond donors (Lipinski definition) is 2. The smallest absolute Gasteiger partial charge is 0.354 e. The third-order valence-corrected chi connectivity index (χ3v) is 1.93. The van der Waals surface area contributed by atoms with E-state index in [4.69, 9.17) is 5.11 Å². The zero-order valence-corrected chi connectivity index (χ0v) is 8.45. The van der Waals surface area contributed by atoms with E-state index in [0.717, 1.165) is 0 Å². The van der Waals surface area contributed by atoms with Gasteiger partial charge in [0, 0.05) is 11.8 Å². The molecule has 0 saturated carbocycles. The summed E-state index contributed by atoms with van der Waals surface area (Å²) in [5.41, 5.74) is 0.394. The van der Waals surface area contributed by atoms with Crippen molar-refractivity contribution >= 4 is 17.6 Å². The van der Waals surface area contributed by atoms with Crippen LogP contribution in [0.4, 0.5) is 5.69 Å². The van der Waals surface area contributed by atoms with Crippen molar-refractivity contribution in [2.45, 2.75) is 0 Å². The molecule has 0 fully saturated rings. The molecule has 0 aliphatic rings. The van der Waals surface area contributed by atoms with Crippen LogP contribution in [0.1, 0.15) is 20.8 Å². The monoisotopic (exact) mass is 233 g/mol. The quantitative estimate of drug-likeness (QED) is 0.819. The van der Waals surface area contributed by atoms with Gasteiger partial charge >= 0.3 is 5.97 Å². The minimum atomic E-state index is -1.19. The summed E-state index contributed by atoms with van der Waals surface area (Å²) in [7, 11) is 0. The van der Waals surface area contributed by atoms with Crippen molar-refractivity contribution in [1.82, 2.24) is 10.1 Å². The number of aromatic nitrogens is 2. The first-order chi connectivity index (χ1) is 8.16. The number of carbonyl (C=O) groups is 2. The van der Waals surface area contributed by atoms with E-state index in [-0.39, 0.29) is 11.3 Å². The molecule has 7 heteroatoms. The number of amides is 1. The van der Waals surface area contributed by atoms with Crippen LogP contribution >= 0.6 is 0 Å². The highest BCUT2D eigenvalue weighted by atomic mass is 16.5. The van der Waals surface area contributed by atoms with Crippen molar-refractivity contribution in [3.8, 4) is 0 Å². The summed E-state index contributed by atoms with van der Waals surface area (Å²) in [6.07, 6.45) is 3.85. The van der Waals surface area contributed by atoms with Crippen molar-refractivity contribution in [2.75, 3.05) is 5.32 Å². The van der Waals surface area contributed by atoms with E-state index in [1.807, 2.05) is 0 Å². The van der Waals surface area contributed by atoms with Crippen molar-refractivity contribution < 1.29 is 19.2 Å². The van der Waals surface area contributed by atoms with E-state index in [0.29, 0.717) is 5.69 Å². The van der Waals surface area contributed by atoms with Crippen LogP contribution in [0.25, 0.3) is 0 Å². The van der Waals surface area contributed by atoms with Crippen LogP contribution < -0.4 is 5.32 Å². The highest BCUT2D eigenvalue weighted by Gasteiger charge is 2.11. The molecule has 2 aromatic heterocycles. The second-order valence-electron chi connectivity index (χ2n) is 3.10. The third kappa shape index (κ3) is 2.46. The minimum Gasteiger partial charge on any atom is -0.477 e. The number of nitrogens with zero attached hydrogens (tertiary/aromatic N) is 2. The average molecular weight is 233 g/mol. The Labute approximate surface area is 95.1 Å². The standard InChI is InChI=1S/C10H7N3O4/c14-9(13-7-4-12-17-5-7)6-1-2-11-8(3-6)10(15)16/h1-5H,(H,13,14)(H,15,16). The van der Waals surface area contributed by atoms with Crippen LogP contribution in [-0.2, 0) is 0 Å². The molecular weight excluding hydrogens is 226 g/mol. The second-order valence-corrected chi connectivity index (χ2v) is 3.10. The van der Waals surface area contributed by atoms with Crippen molar-refractivity contribution in [2.24, 2.45) is 0 Å².